The van der Waals surface area contributed by atoms with Gasteiger partial charge in [0.2, 0.25) is 5.95 Å². The van der Waals surface area contributed by atoms with Gasteiger partial charge in [-0.2, -0.15) is 4.98 Å². The van der Waals surface area contributed by atoms with Crippen LogP contribution in [0.5, 0.6) is 0 Å². The van der Waals surface area contributed by atoms with Crippen LogP contribution >= 0.6 is 15.9 Å². The Balaban J connectivity index is 2.01. The van der Waals surface area contributed by atoms with E-state index in [-0.39, 0.29) is 5.54 Å². The van der Waals surface area contributed by atoms with Crippen molar-refractivity contribution in [1.29, 1.82) is 0 Å². The van der Waals surface area contributed by atoms with Crippen molar-refractivity contribution in [3.8, 4) is 0 Å². The summed E-state index contributed by atoms with van der Waals surface area (Å²) in [4.78, 5) is 11.1. The molecule has 5 nitrogen and oxygen atoms in total. The highest BCUT2D eigenvalue weighted by atomic mass is 79.9. The monoisotopic (exact) mass is 341 g/mol. The molecule has 1 aliphatic rings. The third-order valence-corrected chi connectivity index (χ3v) is 4.68. The first-order chi connectivity index (χ1) is 9.57. The SMILES string of the molecule is CCCNc1ncc(Br)c(NCC2(N(C)C)CCC2)n1. The minimum Gasteiger partial charge on any atom is -0.367 e. The number of anilines is 2. The van der Waals surface area contributed by atoms with Crippen LogP contribution < -0.4 is 10.6 Å². The molecule has 1 aliphatic carbocycles. The molecular formula is C14H24BrN5. The van der Waals surface area contributed by atoms with E-state index in [1.165, 1.54) is 19.3 Å². The quantitative estimate of drug-likeness (QED) is 0.798. The van der Waals surface area contributed by atoms with E-state index in [1.807, 2.05) is 0 Å². The number of likely N-dealkylation sites (N-methyl/N-ethyl adjacent to an activating group) is 1. The molecule has 6 heteroatoms. The summed E-state index contributed by atoms with van der Waals surface area (Å²) in [6.07, 6.45) is 6.67. The molecule has 1 fully saturated rings. The maximum Gasteiger partial charge on any atom is 0.224 e. The highest BCUT2D eigenvalue weighted by Crippen LogP contribution is 2.36. The van der Waals surface area contributed by atoms with Crippen LogP contribution in [0.1, 0.15) is 32.6 Å². The maximum absolute atomic E-state index is 4.53. The molecule has 20 heavy (non-hydrogen) atoms. The van der Waals surface area contributed by atoms with E-state index in [1.54, 1.807) is 6.20 Å². The van der Waals surface area contributed by atoms with Gasteiger partial charge < -0.3 is 15.5 Å². The van der Waals surface area contributed by atoms with Gasteiger partial charge in [0.15, 0.2) is 0 Å². The predicted octanol–water partition coefficient (Wildman–Crippen LogP) is 2.96. The van der Waals surface area contributed by atoms with E-state index in [2.05, 4.69) is 62.5 Å². The first-order valence-electron chi connectivity index (χ1n) is 7.25. The van der Waals surface area contributed by atoms with Crippen molar-refractivity contribution in [3.63, 3.8) is 0 Å². The number of halogens is 1. The highest BCUT2D eigenvalue weighted by Gasteiger charge is 2.38. The largest absolute Gasteiger partial charge is 0.367 e. The van der Waals surface area contributed by atoms with Crippen molar-refractivity contribution in [2.75, 3.05) is 37.8 Å². The van der Waals surface area contributed by atoms with Crippen molar-refractivity contribution < 1.29 is 0 Å². The van der Waals surface area contributed by atoms with Crippen LogP contribution in [-0.4, -0.2) is 47.6 Å². The van der Waals surface area contributed by atoms with E-state index in [0.29, 0.717) is 5.95 Å². The number of aromatic nitrogens is 2. The van der Waals surface area contributed by atoms with Gasteiger partial charge in [-0.15, -0.1) is 0 Å². The lowest BCUT2D eigenvalue weighted by atomic mass is 9.75. The lowest BCUT2D eigenvalue weighted by Crippen LogP contribution is -2.54. The second-order valence-electron chi connectivity index (χ2n) is 5.64. The van der Waals surface area contributed by atoms with Crippen molar-refractivity contribution in [2.45, 2.75) is 38.1 Å². The van der Waals surface area contributed by atoms with Gasteiger partial charge in [0.05, 0.1) is 4.47 Å². The summed E-state index contributed by atoms with van der Waals surface area (Å²) in [5, 5.41) is 6.69. The van der Waals surface area contributed by atoms with Crippen LogP contribution in [0.25, 0.3) is 0 Å². The Hall–Kier alpha value is -0.880. The maximum atomic E-state index is 4.53. The number of hydrogen-bond acceptors (Lipinski definition) is 5. The second kappa shape index (κ2) is 6.72. The zero-order valence-corrected chi connectivity index (χ0v) is 14.1. The Kier molecular flexibility index (Phi) is 5.21. The van der Waals surface area contributed by atoms with Crippen LogP contribution in [-0.2, 0) is 0 Å². The zero-order chi connectivity index (χ0) is 14.6. The van der Waals surface area contributed by atoms with Crippen molar-refractivity contribution >= 4 is 27.7 Å². The normalized spacial score (nSPS) is 16.9. The van der Waals surface area contributed by atoms with Crippen LogP contribution in [0.3, 0.4) is 0 Å². The summed E-state index contributed by atoms with van der Waals surface area (Å²) < 4.78 is 0.910. The first kappa shape index (κ1) is 15.5. The Bertz CT molecular complexity index is 445. The number of nitrogens with zero attached hydrogens (tertiary/aromatic N) is 3. The van der Waals surface area contributed by atoms with Gasteiger partial charge in [-0.3, -0.25) is 0 Å². The van der Waals surface area contributed by atoms with E-state index in [9.17, 15) is 0 Å². The smallest absolute Gasteiger partial charge is 0.224 e. The molecule has 0 atom stereocenters. The number of hydrogen-bond donors (Lipinski definition) is 2. The molecule has 0 amide bonds. The minimum atomic E-state index is 0.279. The molecule has 0 saturated heterocycles. The van der Waals surface area contributed by atoms with Crippen LogP contribution in [0, 0.1) is 0 Å². The molecule has 2 rings (SSSR count). The molecule has 0 spiro atoms. The summed E-state index contributed by atoms with van der Waals surface area (Å²) in [5.41, 5.74) is 0.279. The molecule has 0 aliphatic heterocycles. The fourth-order valence-electron chi connectivity index (χ4n) is 2.43. The average molecular weight is 342 g/mol. The van der Waals surface area contributed by atoms with Gasteiger partial charge in [0.1, 0.15) is 5.82 Å². The summed E-state index contributed by atoms with van der Waals surface area (Å²) >= 11 is 3.51. The second-order valence-corrected chi connectivity index (χ2v) is 6.50. The topological polar surface area (TPSA) is 53.1 Å². The van der Waals surface area contributed by atoms with E-state index < -0.39 is 0 Å². The van der Waals surface area contributed by atoms with Crippen LogP contribution in [0.2, 0.25) is 0 Å². The zero-order valence-electron chi connectivity index (χ0n) is 12.5. The van der Waals surface area contributed by atoms with Crippen molar-refractivity contribution in [2.24, 2.45) is 0 Å². The van der Waals surface area contributed by atoms with Crippen LogP contribution in [0.4, 0.5) is 11.8 Å². The van der Waals surface area contributed by atoms with Crippen molar-refractivity contribution in [1.82, 2.24) is 14.9 Å². The lowest BCUT2D eigenvalue weighted by Gasteiger charge is -2.47. The molecule has 2 N–H and O–H groups in total. The third-order valence-electron chi connectivity index (χ3n) is 4.10. The highest BCUT2D eigenvalue weighted by molar-refractivity contribution is 9.10. The van der Waals surface area contributed by atoms with E-state index in [4.69, 9.17) is 0 Å². The number of nitrogens with one attached hydrogen (secondary N) is 2. The predicted molar refractivity (Wildman–Crippen MR) is 87.3 cm³/mol. The summed E-state index contributed by atoms with van der Waals surface area (Å²) in [6.45, 7) is 3.94. The molecule has 0 bridgehead atoms. The molecule has 1 saturated carbocycles. The third kappa shape index (κ3) is 3.41. The van der Waals surface area contributed by atoms with Gasteiger partial charge in [0.25, 0.3) is 0 Å². The van der Waals surface area contributed by atoms with E-state index >= 15 is 0 Å². The molecule has 0 radical (unpaired) electrons. The van der Waals surface area contributed by atoms with E-state index in [0.717, 1.165) is 29.8 Å². The molecule has 1 heterocycles. The van der Waals surface area contributed by atoms with Crippen molar-refractivity contribution in [3.05, 3.63) is 10.7 Å². The van der Waals surface area contributed by atoms with Gasteiger partial charge in [-0.25, -0.2) is 4.98 Å². The molecule has 1 aromatic rings. The van der Waals surface area contributed by atoms with Gasteiger partial charge in [0, 0.05) is 24.8 Å². The molecular weight excluding hydrogens is 318 g/mol. The fraction of sp³-hybridized carbons (Fsp3) is 0.714. The Morgan fingerprint density at radius 3 is 2.65 bits per heavy atom. The molecule has 0 unspecified atom stereocenters. The number of rotatable bonds is 7. The molecule has 0 aromatic carbocycles. The standard InChI is InChI=1S/C14H24BrN5/c1-4-8-16-13-17-9-11(15)12(19-13)18-10-14(20(2)3)6-5-7-14/h9H,4-8,10H2,1-3H3,(H2,16,17,18,19). The fourth-order valence-corrected chi connectivity index (χ4v) is 2.76. The Labute approximate surface area is 129 Å². The molecule has 1 aromatic heterocycles. The van der Waals surface area contributed by atoms with Gasteiger partial charge in [-0.05, 0) is 55.7 Å². The van der Waals surface area contributed by atoms with Gasteiger partial charge >= 0.3 is 0 Å². The Morgan fingerprint density at radius 2 is 2.10 bits per heavy atom. The molecule has 112 valence electrons. The first-order valence-corrected chi connectivity index (χ1v) is 8.04. The Morgan fingerprint density at radius 1 is 1.35 bits per heavy atom. The minimum absolute atomic E-state index is 0.279. The summed E-state index contributed by atoms with van der Waals surface area (Å²) in [5.74, 6) is 1.55. The average Bonchev–Trinajstić information content (AvgIpc) is 2.37. The van der Waals surface area contributed by atoms with Crippen LogP contribution in [0.15, 0.2) is 10.7 Å². The summed E-state index contributed by atoms with van der Waals surface area (Å²) in [6, 6.07) is 0. The lowest BCUT2D eigenvalue weighted by molar-refractivity contribution is 0.0738. The van der Waals surface area contributed by atoms with Gasteiger partial charge in [-0.1, -0.05) is 6.92 Å². The summed E-state index contributed by atoms with van der Waals surface area (Å²) in [7, 11) is 4.31.